The van der Waals surface area contributed by atoms with E-state index in [4.69, 9.17) is 5.73 Å². The fourth-order valence-corrected chi connectivity index (χ4v) is 2.28. The second-order valence-electron chi connectivity index (χ2n) is 5.02. The lowest BCUT2D eigenvalue weighted by Crippen LogP contribution is -2.24. The number of benzene rings is 2. The zero-order chi connectivity index (χ0) is 13.7. The predicted molar refractivity (Wildman–Crippen MR) is 77.6 cm³/mol. The minimum Gasteiger partial charge on any atom is -0.327 e. The van der Waals surface area contributed by atoms with Crippen LogP contribution in [-0.4, -0.2) is 6.04 Å². The van der Waals surface area contributed by atoms with Crippen LogP contribution in [0.25, 0.3) is 0 Å². The summed E-state index contributed by atoms with van der Waals surface area (Å²) in [7, 11) is 0. The normalized spacial score (nSPS) is 12.4. The molecule has 0 fully saturated rings. The quantitative estimate of drug-likeness (QED) is 0.869. The van der Waals surface area contributed by atoms with Gasteiger partial charge in [0.15, 0.2) is 0 Å². The summed E-state index contributed by atoms with van der Waals surface area (Å²) in [6.45, 7) is 2.11. The SMILES string of the molecule is Cc1ccccc1CCC(N)Cc1ccccc1F. The smallest absolute Gasteiger partial charge is 0.126 e. The highest BCUT2D eigenvalue weighted by Crippen LogP contribution is 2.13. The second kappa shape index (κ2) is 6.48. The summed E-state index contributed by atoms with van der Waals surface area (Å²) < 4.78 is 13.5. The number of nitrogens with two attached hydrogens (primary N) is 1. The van der Waals surface area contributed by atoms with E-state index in [1.54, 1.807) is 6.07 Å². The van der Waals surface area contributed by atoms with Crippen molar-refractivity contribution < 1.29 is 4.39 Å². The average Bonchev–Trinajstić information content (AvgIpc) is 2.40. The first-order valence-electron chi connectivity index (χ1n) is 6.70. The van der Waals surface area contributed by atoms with Gasteiger partial charge in [0, 0.05) is 6.04 Å². The third kappa shape index (κ3) is 3.90. The van der Waals surface area contributed by atoms with Gasteiger partial charge in [-0.1, -0.05) is 42.5 Å². The van der Waals surface area contributed by atoms with E-state index < -0.39 is 0 Å². The molecule has 0 aliphatic rings. The molecular formula is C17H20FN. The van der Waals surface area contributed by atoms with E-state index in [1.807, 2.05) is 24.3 Å². The predicted octanol–water partition coefficient (Wildman–Crippen LogP) is 3.64. The zero-order valence-electron chi connectivity index (χ0n) is 11.3. The van der Waals surface area contributed by atoms with Crippen LogP contribution in [0.15, 0.2) is 48.5 Å². The first kappa shape index (κ1) is 13.8. The van der Waals surface area contributed by atoms with Crippen LogP contribution in [0.2, 0.25) is 0 Å². The van der Waals surface area contributed by atoms with Crippen LogP contribution >= 0.6 is 0 Å². The van der Waals surface area contributed by atoms with Gasteiger partial charge in [-0.05, 0) is 48.9 Å². The number of hydrogen-bond donors (Lipinski definition) is 1. The lowest BCUT2D eigenvalue weighted by atomic mass is 9.97. The largest absolute Gasteiger partial charge is 0.327 e. The molecule has 0 amide bonds. The van der Waals surface area contributed by atoms with Gasteiger partial charge < -0.3 is 5.73 Å². The first-order chi connectivity index (χ1) is 9.16. The molecule has 0 spiro atoms. The summed E-state index contributed by atoms with van der Waals surface area (Å²) in [4.78, 5) is 0. The van der Waals surface area contributed by atoms with E-state index in [-0.39, 0.29) is 11.9 Å². The summed E-state index contributed by atoms with van der Waals surface area (Å²) >= 11 is 0. The van der Waals surface area contributed by atoms with Crippen molar-refractivity contribution in [2.45, 2.75) is 32.2 Å². The Hall–Kier alpha value is -1.67. The van der Waals surface area contributed by atoms with Crippen LogP contribution in [0.5, 0.6) is 0 Å². The molecule has 2 rings (SSSR count). The Morgan fingerprint density at radius 3 is 2.32 bits per heavy atom. The number of aryl methyl sites for hydroxylation is 2. The molecule has 0 aliphatic carbocycles. The van der Waals surface area contributed by atoms with Crippen LogP contribution in [0, 0.1) is 12.7 Å². The third-order valence-corrected chi connectivity index (χ3v) is 3.49. The van der Waals surface area contributed by atoms with E-state index >= 15 is 0 Å². The van der Waals surface area contributed by atoms with Crippen molar-refractivity contribution in [3.05, 3.63) is 71.0 Å². The Bertz CT molecular complexity index is 536. The van der Waals surface area contributed by atoms with Crippen molar-refractivity contribution in [2.75, 3.05) is 0 Å². The first-order valence-corrected chi connectivity index (χ1v) is 6.70. The average molecular weight is 257 g/mol. The molecule has 1 atom stereocenters. The summed E-state index contributed by atoms with van der Waals surface area (Å²) in [5, 5.41) is 0. The molecule has 100 valence electrons. The molecule has 0 heterocycles. The summed E-state index contributed by atoms with van der Waals surface area (Å²) in [5.41, 5.74) is 9.43. The summed E-state index contributed by atoms with van der Waals surface area (Å²) in [6, 6.07) is 15.2. The van der Waals surface area contributed by atoms with E-state index in [0.717, 1.165) is 12.8 Å². The van der Waals surface area contributed by atoms with Gasteiger partial charge in [-0.3, -0.25) is 0 Å². The summed E-state index contributed by atoms with van der Waals surface area (Å²) in [5.74, 6) is -0.158. The van der Waals surface area contributed by atoms with Crippen LogP contribution in [0.1, 0.15) is 23.1 Å². The molecule has 0 saturated carbocycles. The maximum absolute atomic E-state index is 13.5. The van der Waals surface area contributed by atoms with Crippen LogP contribution < -0.4 is 5.73 Å². The van der Waals surface area contributed by atoms with Crippen LogP contribution in [0.3, 0.4) is 0 Å². The van der Waals surface area contributed by atoms with E-state index in [9.17, 15) is 4.39 Å². The molecule has 0 aliphatic heterocycles. The molecule has 2 aromatic carbocycles. The minimum absolute atomic E-state index is 0.00324. The topological polar surface area (TPSA) is 26.0 Å². The van der Waals surface area contributed by atoms with Crippen molar-refractivity contribution >= 4 is 0 Å². The van der Waals surface area contributed by atoms with Crippen LogP contribution in [-0.2, 0) is 12.8 Å². The number of hydrogen-bond acceptors (Lipinski definition) is 1. The Labute approximate surface area is 114 Å². The Morgan fingerprint density at radius 1 is 1.00 bits per heavy atom. The second-order valence-corrected chi connectivity index (χ2v) is 5.02. The monoisotopic (exact) mass is 257 g/mol. The van der Waals surface area contributed by atoms with E-state index in [1.165, 1.54) is 17.2 Å². The number of rotatable bonds is 5. The maximum atomic E-state index is 13.5. The van der Waals surface area contributed by atoms with Gasteiger partial charge in [0.05, 0.1) is 0 Å². The van der Waals surface area contributed by atoms with Gasteiger partial charge in [-0.2, -0.15) is 0 Å². The van der Waals surface area contributed by atoms with Crippen molar-refractivity contribution in [3.63, 3.8) is 0 Å². The molecule has 2 N–H and O–H groups in total. The van der Waals surface area contributed by atoms with Crippen molar-refractivity contribution in [2.24, 2.45) is 5.73 Å². The molecule has 0 saturated heterocycles. The van der Waals surface area contributed by atoms with Gasteiger partial charge in [0.2, 0.25) is 0 Å². The van der Waals surface area contributed by atoms with Gasteiger partial charge in [-0.15, -0.1) is 0 Å². The molecule has 0 aromatic heterocycles. The fraction of sp³-hybridized carbons (Fsp3) is 0.294. The minimum atomic E-state index is -0.158. The third-order valence-electron chi connectivity index (χ3n) is 3.49. The molecule has 2 heteroatoms. The fourth-order valence-electron chi connectivity index (χ4n) is 2.28. The molecular weight excluding hydrogens is 237 g/mol. The van der Waals surface area contributed by atoms with Crippen molar-refractivity contribution in [3.8, 4) is 0 Å². The molecule has 1 unspecified atom stereocenters. The summed E-state index contributed by atoms with van der Waals surface area (Å²) in [6.07, 6.45) is 2.42. The van der Waals surface area contributed by atoms with Crippen molar-refractivity contribution in [1.29, 1.82) is 0 Å². The lowest BCUT2D eigenvalue weighted by Gasteiger charge is -2.13. The molecule has 1 nitrogen and oxygen atoms in total. The van der Waals surface area contributed by atoms with Gasteiger partial charge in [-0.25, -0.2) is 4.39 Å². The molecule has 0 bridgehead atoms. The van der Waals surface area contributed by atoms with Crippen LogP contribution in [0.4, 0.5) is 4.39 Å². The Morgan fingerprint density at radius 2 is 1.63 bits per heavy atom. The molecule has 2 aromatic rings. The van der Waals surface area contributed by atoms with Gasteiger partial charge >= 0.3 is 0 Å². The van der Waals surface area contributed by atoms with Gasteiger partial charge in [0.1, 0.15) is 5.82 Å². The molecule has 0 radical (unpaired) electrons. The number of halogens is 1. The van der Waals surface area contributed by atoms with E-state index in [2.05, 4.69) is 19.1 Å². The van der Waals surface area contributed by atoms with Crippen molar-refractivity contribution in [1.82, 2.24) is 0 Å². The zero-order valence-corrected chi connectivity index (χ0v) is 11.3. The highest BCUT2D eigenvalue weighted by atomic mass is 19.1. The molecule has 19 heavy (non-hydrogen) atoms. The van der Waals surface area contributed by atoms with E-state index in [0.29, 0.717) is 12.0 Å². The van der Waals surface area contributed by atoms with Gasteiger partial charge in [0.25, 0.3) is 0 Å². The maximum Gasteiger partial charge on any atom is 0.126 e. The highest BCUT2D eigenvalue weighted by Gasteiger charge is 2.08. The highest BCUT2D eigenvalue weighted by molar-refractivity contribution is 5.26. The lowest BCUT2D eigenvalue weighted by molar-refractivity contribution is 0.566. The Balaban J connectivity index is 1.90. The standard InChI is InChI=1S/C17H20FN/c1-13-6-2-3-7-14(13)10-11-16(19)12-15-8-4-5-9-17(15)18/h2-9,16H,10-12,19H2,1H3. The Kier molecular flexibility index (Phi) is 4.69.